The lowest BCUT2D eigenvalue weighted by Gasteiger charge is -2.33. The summed E-state index contributed by atoms with van der Waals surface area (Å²) in [5.74, 6) is 0.361. The maximum Gasteiger partial charge on any atom is 0.392 e. The molecule has 1 saturated heterocycles. The number of aliphatic imine (C=N–C) groups is 1. The van der Waals surface area contributed by atoms with E-state index in [9.17, 15) is 14.0 Å². The number of nitrogens with zero attached hydrogens (tertiary/aromatic N) is 5. The average molecular weight is 332 g/mol. The number of urea groups is 1. The summed E-state index contributed by atoms with van der Waals surface area (Å²) in [6.07, 6.45) is 0. The highest BCUT2D eigenvalue weighted by molar-refractivity contribution is 6.25. The fourth-order valence-corrected chi connectivity index (χ4v) is 2.89. The van der Waals surface area contributed by atoms with Gasteiger partial charge in [-0.2, -0.15) is 0 Å². The monoisotopic (exact) mass is 332 g/mol. The van der Waals surface area contributed by atoms with Crippen molar-refractivity contribution in [2.75, 3.05) is 28.2 Å². The van der Waals surface area contributed by atoms with E-state index in [-0.39, 0.29) is 11.7 Å². The van der Waals surface area contributed by atoms with E-state index in [0.717, 1.165) is 10.5 Å². The van der Waals surface area contributed by atoms with Crippen molar-refractivity contribution >= 4 is 23.7 Å². The number of fused-ring (bicyclic) bond motifs is 1. The maximum absolute atomic E-state index is 13.1. The van der Waals surface area contributed by atoms with Crippen molar-refractivity contribution in [3.8, 4) is 0 Å². The second-order valence-electron chi connectivity index (χ2n) is 6.06. The van der Waals surface area contributed by atoms with Gasteiger partial charge in [0, 0.05) is 14.1 Å². The highest BCUT2D eigenvalue weighted by Crippen LogP contribution is 2.24. The Morgan fingerprint density at radius 2 is 1.75 bits per heavy atom. The number of hydrogen-bond acceptors (Lipinski definition) is 2. The third-order valence-corrected chi connectivity index (χ3v) is 4.18. The first-order valence-corrected chi connectivity index (χ1v) is 7.50. The molecule has 126 valence electrons. The summed E-state index contributed by atoms with van der Waals surface area (Å²) >= 11 is 0. The summed E-state index contributed by atoms with van der Waals surface area (Å²) in [6, 6.07) is 5.04. The zero-order valence-corrected chi connectivity index (χ0v) is 14.0. The molecule has 0 saturated carbocycles. The van der Waals surface area contributed by atoms with Gasteiger partial charge in [0.1, 0.15) is 5.82 Å². The number of hydrogen-bond donors (Lipinski definition) is 0. The Balaban J connectivity index is 2.01. The molecule has 1 aromatic carbocycles. The minimum absolute atomic E-state index is 0.312. The minimum atomic E-state index is -0.667. The molecule has 2 aliphatic heterocycles. The molecule has 3 rings (SSSR count). The van der Waals surface area contributed by atoms with Gasteiger partial charge in [-0.1, -0.05) is 17.1 Å². The molecule has 0 N–H and O–H groups in total. The Labute approximate surface area is 139 Å². The number of likely N-dealkylation sites (N-methyl/N-ethyl adjacent to an activating group) is 2. The van der Waals surface area contributed by atoms with Crippen molar-refractivity contribution in [1.29, 1.82) is 0 Å². The van der Waals surface area contributed by atoms with E-state index in [4.69, 9.17) is 0 Å². The quantitative estimate of drug-likeness (QED) is 0.744. The molecule has 7 nitrogen and oxygen atoms in total. The Hall–Kier alpha value is -2.77. The van der Waals surface area contributed by atoms with E-state index >= 15 is 0 Å². The Morgan fingerprint density at radius 3 is 2.33 bits per heavy atom. The van der Waals surface area contributed by atoms with Gasteiger partial charge in [0.2, 0.25) is 11.9 Å². The summed E-state index contributed by atoms with van der Waals surface area (Å²) in [5, 5.41) is 0. The molecule has 1 atom stereocenters. The van der Waals surface area contributed by atoms with Crippen LogP contribution in [-0.2, 0) is 11.3 Å². The van der Waals surface area contributed by atoms with Crippen LogP contribution in [-0.4, -0.2) is 77.2 Å². The number of guanidine groups is 1. The molecule has 0 aromatic heterocycles. The van der Waals surface area contributed by atoms with Crippen molar-refractivity contribution < 1.29 is 18.6 Å². The third kappa shape index (κ3) is 2.44. The summed E-state index contributed by atoms with van der Waals surface area (Å²) in [6.45, 7) is 0.382. The third-order valence-electron chi connectivity index (χ3n) is 4.18. The van der Waals surface area contributed by atoms with Crippen LogP contribution in [0.25, 0.3) is 0 Å². The summed E-state index contributed by atoms with van der Waals surface area (Å²) in [5.41, 5.74) is 0.849. The SMILES string of the molecule is CN1C(=O)C2C(=NC(=[N+](C)C)N2Cc2ccc(F)cc2)N(C)C1=O. The minimum Gasteiger partial charge on any atom is -0.270 e. The molecule has 0 radical (unpaired) electrons. The fourth-order valence-electron chi connectivity index (χ4n) is 2.89. The Kier molecular flexibility index (Phi) is 3.82. The number of amidine groups is 1. The summed E-state index contributed by atoms with van der Waals surface area (Å²) in [7, 11) is 6.71. The molecule has 1 aromatic rings. The largest absolute Gasteiger partial charge is 0.392 e. The van der Waals surface area contributed by atoms with Gasteiger partial charge in [0.15, 0.2) is 0 Å². The molecular weight excluding hydrogens is 313 g/mol. The van der Waals surface area contributed by atoms with Gasteiger partial charge in [0.25, 0.3) is 5.91 Å². The van der Waals surface area contributed by atoms with Crippen LogP contribution in [0.1, 0.15) is 5.56 Å². The smallest absolute Gasteiger partial charge is 0.270 e. The molecule has 24 heavy (non-hydrogen) atoms. The van der Waals surface area contributed by atoms with E-state index in [1.165, 1.54) is 24.1 Å². The zero-order valence-electron chi connectivity index (χ0n) is 14.0. The summed E-state index contributed by atoms with van der Waals surface area (Å²) < 4.78 is 14.9. The van der Waals surface area contributed by atoms with Crippen molar-refractivity contribution in [3.63, 3.8) is 0 Å². The van der Waals surface area contributed by atoms with E-state index in [0.29, 0.717) is 18.3 Å². The molecule has 2 heterocycles. The van der Waals surface area contributed by atoms with Gasteiger partial charge in [-0.05, 0) is 17.7 Å². The van der Waals surface area contributed by atoms with Crippen molar-refractivity contribution in [3.05, 3.63) is 35.6 Å². The molecule has 2 aliphatic rings. The predicted octanol–water partition coefficient (Wildman–Crippen LogP) is 0.560. The zero-order chi connectivity index (χ0) is 17.6. The van der Waals surface area contributed by atoms with Crippen LogP contribution in [0.5, 0.6) is 0 Å². The van der Waals surface area contributed by atoms with E-state index in [1.807, 2.05) is 19.0 Å². The number of amides is 3. The molecule has 1 unspecified atom stereocenters. The molecule has 1 fully saturated rings. The van der Waals surface area contributed by atoms with E-state index in [1.54, 1.807) is 23.8 Å². The first kappa shape index (κ1) is 16.1. The van der Waals surface area contributed by atoms with Gasteiger partial charge < -0.3 is 0 Å². The number of imide groups is 1. The van der Waals surface area contributed by atoms with Crippen molar-refractivity contribution in [1.82, 2.24) is 14.7 Å². The van der Waals surface area contributed by atoms with E-state index < -0.39 is 12.1 Å². The molecule has 8 heteroatoms. The van der Waals surface area contributed by atoms with Crippen molar-refractivity contribution in [2.45, 2.75) is 12.6 Å². The lowest BCUT2D eigenvalue weighted by Crippen LogP contribution is -2.62. The van der Waals surface area contributed by atoms with Gasteiger partial charge in [-0.15, -0.1) is 0 Å². The van der Waals surface area contributed by atoms with Crippen LogP contribution in [0.2, 0.25) is 0 Å². The molecule has 0 bridgehead atoms. The number of carbonyl (C=O) groups excluding carboxylic acids is 2. The Bertz CT molecular complexity index is 767. The first-order chi connectivity index (χ1) is 11.3. The van der Waals surface area contributed by atoms with Gasteiger partial charge in [0.05, 0.1) is 20.6 Å². The average Bonchev–Trinajstić information content (AvgIpc) is 2.92. The van der Waals surface area contributed by atoms with Crippen LogP contribution in [0.15, 0.2) is 29.3 Å². The van der Waals surface area contributed by atoms with Gasteiger partial charge in [-0.25, -0.2) is 14.1 Å². The van der Waals surface area contributed by atoms with Gasteiger partial charge in [-0.3, -0.25) is 19.2 Å². The molecule has 3 amide bonds. The summed E-state index contributed by atoms with van der Waals surface area (Å²) in [4.78, 5) is 33.6. The number of halogens is 1. The number of rotatable bonds is 2. The van der Waals surface area contributed by atoms with Crippen LogP contribution >= 0.6 is 0 Å². The predicted molar refractivity (Wildman–Crippen MR) is 86.2 cm³/mol. The fraction of sp³-hybridized carbons (Fsp3) is 0.375. The van der Waals surface area contributed by atoms with Crippen LogP contribution in [0.3, 0.4) is 0 Å². The van der Waals surface area contributed by atoms with E-state index in [2.05, 4.69) is 4.99 Å². The van der Waals surface area contributed by atoms with Crippen molar-refractivity contribution in [2.24, 2.45) is 4.99 Å². The maximum atomic E-state index is 13.1. The lowest BCUT2D eigenvalue weighted by atomic mass is 10.1. The molecular formula is C16H19FN5O2+. The molecule has 0 aliphatic carbocycles. The number of benzene rings is 1. The van der Waals surface area contributed by atoms with Crippen LogP contribution in [0.4, 0.5) is 9.18 Å². The Morgan fingerprint density at radius 1 is 1.12 bits per heavy atom. The highest BCUT2D eigenvalue weighted by Gasteiger charge is 2.54. The van der Waals surface area contributed by atoms with Crippen LogP contribution < -0.4 is 0 Å². The lowest BCUT2D eigenvalue weighted by molar-refractivity contribution is -0.471. The highest BCUT2D eigenvalue weighted by atomic mass is 19.1. The second-order valence-corrected chi connectivity index (χ2v) is 6.06. The van der Waals surface area contributed by atoms with Gasteiger partial charge >= 0.3 is 12.0 Å². The first-order valence-electron chi connectivity index (χ1n) is 7.50. The molecule has 0 spiro atoms. The topological polar surface area (TPSA) is 59.2 Å². The standard InChI is InChI=1S/C16H19FN5O2/c1-19(2)15-18-13-12(14(23)21(4)16(24)20(13)3)22(15)9-10-5-7-11(17)8-6-10/h5-8,12H,9H2,1-4H3/q+1. The second kappa shape index (κ2) is 5.70. The normalized spacial score (nSPS) is 20.5. The van der Waals surface area contributed by atoms with Crippen LogP contribution in [0, 0.1) is 5.82 Å². The number of carbonyl (C=O) groups is 2.